The number of halogens is 1. The molecule has 1 aromatic heterocycles. The Morgan fingerprint density at radius 1 is 1.54 bits per heavy atom. The average molecular weight is 218 g/mol. The van der Waals surface area contributed by atoms with Gasteiger partial charge < -0.3 is 5.32 Å². The molecule has 3 heteroatoms. The molecule has 0 saturated heterocycles. The Bertz CT molecular complexity index is 221. The van der Waals surface area contributed by atoms with Gasteiger partial charge in [0.15, 0.2) is 0 Å². The van der Waals surface area contributed by atoms with Gasteiger partial charge in [-0.1, -0.05) is 0 Å². The van der Waals surface area contributed by atoms with Gasteiger partial charge in [-0.3, -0.25) is 0 Å². The first kappa shape index (κ1) is 11.0. The molecule has 2 atom stereocenters. The highest BCUT2D eigenvalue weighted by Gasteiger charge is 2.05. The summed E-state index contributed by atoms with van der Waals surface area (Å²) in [4.78, 5) is 0. The number of alkyl halides is 1. The molecule has 0 aliphatic heterocycles. The lowest BCUT2D eigenvalue weighted by molar-refractivity contribution is 0.512. The van der Waals surface area contributed by atoms with Crippen LogP contribution in [-0.2, 0) is 6.54 Å². The third-order valence-corrected chi connectivity index (χ3v) is 2.82. The minimum Gasteiger partial charge on any atom is -0.310 e. The predicted octanol–water partition coefficient (Wildman–Crippen LogP) is 3.24. The summed E-state index contributed by atoms with van der Waals surface area (Å²) >= 11 is 7.63. The van der Waals surface area contributed by atoms with Crippen molar-refractivity contribution < 1.29 is 0 Å². The van der Waals surface area contributed by atoms with Crippen molar-refractivity contribution in [3.05, 3.63) is 22.4 Å². The number of nitrogens with one attached hydrogen (secondary N) is 1. The highest BCUT2D eigenvalue weighted by Crippen LogP contribution is 2.08. The van der Waals surface area contributed by atoms with Crippen LogP contribution in [0.4, 0.5) is 0 Å². The minimum atomic E-state index is 0.255. The van der Waals surface area contributed by atoms with Crippen LogP contribution in [-0.4, -0.2) is 11.4 Å². The molecule has 74 valence electrons. The molecule has 0 radical (unpaired) electrons. The van der Waals surface area contributed by atoms with E-state index in [9.17, 15) is 0 Å². The van der Waals surface area contributed by atoms with Crippen molar-refractivity contribution in [3.63, 3.8) is 0 Å². The van der Waals surface area contributed by atoms with Gasteiger partial charge in [0.1, 0.15) is 0 Å². The summed E-state index contributed by atoms with van der Waals surface area (Å²) in [5.41, 5.74) is 1.36. The lowest BCUT2D eigenvalue weighted by Crippen LogP contribution is -2.27. The Morgan fingerprint density at radius 3 is 2.85 bits per heavy atom. The van der Waals surface area contributed by atoms with E-state index in [1.165, 1.54) is 5.56 Å². The molecule has 0 aliphatic carbocycles. The molecule has 0 spiro atoms. The van der Waals surface area contributed by atoms with Crippen LogP contribution >= 0.6 is 22.9 Å². The van der Waals surface area contributed by atoms with Gasteiger partial charge in [-0.2, -0.15) is 11.3 Å². The van der Waals surface area contributed by atoms with E-state index in [1.807, 2.05) is 6.92 Å². The van der Waals surface area contributed by atoms with Gasteiger partial charge in [-0.05, 0) is 42.7 Å². The maximum atomic E-state index is 5.90. The van der Waals surface area contributed by atoms with E-state index in [-0.39, 0.29) is 5.38 Å². The number of rotatable bonds is 5. The number of hydrogen-bond donors (Lipinski definition) is 1. The summed E-state index contributed by atoms with van der Waals surface area (Å²) < 4.78 is 0. The van der Waals surface area contributed by atoms with Crippen molar-refractivity contribution in [2.24, 2.45) is 0 Å². The van der Waals surface area contributed by atoms with Crippen molar-refractivity contribution in [1.29, 1.82) is 0 Å². The summed E-state index contributed by atoms with van der Waals surface area (Å²) in [6.45, 7) is 5.16. The van der Waals surface area contributed by atoms with Crippen LogP contribution in [0.2, 0.25) is 0 Å². The van der Waals surface area contributed by atoms with Crippen LogP contribution in [0.15, 0.2) is 16.8 Å². The third kappa shape index (κ3) is 4.65. The quantitative estimate of drug-likeness (QED) is 0.747. The topological polar surface area (TPSA) is 12.0 Å². The van der Waals surface area contributed by atoms with Gasteiger partial charge in [0.05, 0.1) is 0 Å². The van der Waals surface area contributed by atoms with E-state index in [1.54, 1.807) is 11.3 Å². The molecular formula is C10H16ClNS. The van der Waals surface area contributed by atoms with Gasteiger partial charge >= 0.3 is 0 Å². The molecule has 1 N–H and O–H groups in total. The Hall–Kier alpha value is -0.0500. The summed E-state index contributed by atoms with van der Waals surface area (Å²) in [5.74, 6) is 0. The van der Waals surface area contributed by atoms with Gasteiger partial charge in [-0.25, -0.2) is 0 Å². The molecule has 1 heterocycles. The molecule has 2 unspecified atom stereocenters. The van der Waals surface area contributed by atoms with Crippen molar-refractivity contribution in [3.8, 4) is 0 Å². The fourth-order valence-corrected chi connectivity index (χ4v) is 2.19. The van der Waals surface area contributed by atoms with Crippen molar-refractivity contribution >= 4 is 22.9 Å². The minimum absolute atomic E-state index is 0.255. The van der Waals surface area contributed by atoms with Gasteiger partial charge in [0, 0.05) is 18.0 Å². The molecule has 0 aliphatic rings. The monoisotopic (exact) mass is 217 g/mol. The smallest absolute Gasteiger partial charge is 0.0322 e. The second-order valence-corrected chi connectivity index (χ2v) is 4.96. The second-order valence-electron chi connectivity index (χ2n) is 3.43. The Labute approximate surface area is 89.1 Å². The molecule has 13 heavy (non-hydrogen) atoms. The zero-order chi connectivity index (χ0) is 9.68. The molecule has 1 aromatic rings. The molecule has 0 aromatic carbocycles. The van der Waals surface area contributed by atoms with Gasteiger partial charge in [0.2, 0.25) is 0 Å². The fourth-order valence-electron chi connectivity index (χ4n) is 1.26. The average Bonchev–Trinajstić information content (AvgIpc) is 2.51. The Kier molecular flexibility index (Phi) is 4.78. The molecule has 1 nitrogen and oxygen atoms in total. The van der Waals surface area contributed by atoms with Crippen molar-refractivity contribution in [2.75, 3.05) is 0 Å². The Balaban J connectivity index is 2.19. The van der Waals surface area contributed by atoms with Crippen LogP contribution in [0.25, 0.3) is 0 Å². The van der Waals surface area contributed by atoms with E-state index >= 15 is 0 Å². The highest BCUT2D eigenvalue weighted by molar-refractivity contribution is 7.07. The summed E-state index contributed by atoms with van der Waals surface area (Å²) in [6, 6.07) is 2.64. The molecule has 0 fully saturated rings. The lowest BCUT2D eigenvalue weighted by atomic mass is 10.2. The second kappa shape index (κ2) is 5.63. The zero-order valence-corrected chi connectivity index (χ0v) is 9.66. The van der Waals surface area contributed by atoms with Crippen LogP contribution in [0, 0.1) is 0 Å². The summed E-state index contributed by atoms with van der Waals surface area (Å²) in [5, 5.41) is 7.97. The molecule has 1 rings (SSSR count). The van der Waals surface area contributed by atoms with Crippen LogP contribution in [0.3, 0.4) is 0 Å². The first-order valence-electron chi connectivity index (χ1n) is 4.57. The third-order valence-electron chi connectivity index (χ3n) is 1.91. The zero-order valence-electron chi connectivity index (χ0n) is 8.09. The number of hydrogen-bond acceptors (Lipinski definition) is 2. The van der Waals surface area contributed by atoms with Crippen LogP contribution < -0.4 is 5.32 Å². The molecule has 0 bridgehead atoms. The number of thiophene rings is 1. The van der Waals surface area contributed by atoms with Gasteiger partial charge in [0.25, 0.3) is 0 Å². The van der Waals surface area contributed by atoms with E-state index in [0.29, 0.717) is 6.04 Å². The predicted molar refractivity (Wildman–Crippen MR) is 60.6 cm³/mol. The molecule has 0 saturated carbocycles. The van der Waals surface area contributed by atoms with E-state index in [4.69, 9.17) is 11.6 Å². The highest BCUT2D eigenvalue weighted by atomic mass is 35.5. The maximum absolute atomic E-state index is 5.90. The normalized spacial score (nSPS) is 15.6. The lowest BCUT2D eigenvalue weighted by Gasteiger charge is -2.14. The van der Waals surface area contributed by atoms with E-state index < -0.39 is 0 Å². The Morgan fingerprint density at radius 2 is 2.31 bits per heavy atom. The van der Waals surface area contributed by atoms with E-state index in [0.717, 1.165) is 13.0 Å². The molecule has 0 amide bonds. The van der Waals surface area contributed by atoms with E-state index in [2.05, 4.69) is 29.1 Å². The molecular weight excluding hydrogens is 202 g/mol. The first-order chi connectivity index (χ1) is 6.18. The summed E-state index contributed by atoms with van der Waals surface area (Å²) in [7, 11) is 0. The largest absolute Gasteiger partial charge is 0.310 e. The van der Waals surface area contributed by atoms with Crippen molar-refractivity contribution in [1.82, 2.24) is 5.32 Å². The van der Waals surface area contributed by atoms with Crippen molar-refractivity contribution in [2.45, 2.75) is 38.2 Å². The maximum Gasteiger partial charge on any atom is 0.0322 e. The van der Waals surface area contributed by atoms with Gasteiger partial charge in [-0.15, -0.1) is 11.6 Å². The standard InChI is InChI=1S/C10H16ClNS/c1-8(11)5-9(2)12-6-10-3-4-13-7-10/h3-4,7-9,12H,5-6H2,1-2H3. The fraction of sp³-hybridized carbons (Fsp3) is 0.600. The summed E-state index contributed by atoms with van der Waals surface area (Å²) in [6.07, 6.45) is 1.02. The SMILES string of the molecule is CC(Cl)CC(C)NCc1ccsc1. The van der Waals surface area contributed by atoms with Crippen LogP contribution in [0.1, 0.15) is 25.8 Å². The first-order valence-corrected chi connectivity index (χ1v) is 5.95. The van der Waals surface area contributed by atoms with Crippen LogP contribution in [0.5, 0.6) is 0 Å².